The average molecular weight is 411 g/mol. The van der Waals surface area contributed by atoms with E-state index in [-0.39, 0.29) is 36.1 Å². The van der Waals surface area contributed by atoms with Crippen LogP contribution in [0.3, 0.4) is 0 Å². The summed E-state index contributed by atoms with van der Waals surface area (Å²) in [4.78, 5) is 41.8. The summed E-state index contributed by atoms with van der Waals surface area (Å²) in [6.07, 6.45) is 1.55. The fourth-order valence-corrected chi connectivity index (χ4v) is 5.13. The van der Waals surface area contributed by atoms with Gasteiger partial charge in [0.1, 0.15) is 0 Å². The van der Waals surface area contributed by atoms with Gasteiger partial charge in [-0.05, 0) is 24.3 Å². The lowest BCUT2D eigenvalue weighted by Crippen LogP contribution is -3.17. The highest BCUT2D eigenvalue weighted by Gasteiger charge is 2.47. The van der Waals surface area contributed by atoms with Crippen LogP contribution in [0.2, 0.25) is 0 Å². The van der Waals surface area contributed by atoms with Gasteiger partial charge in [-0.15, -0.1) is 0 Å². The average Bonchev–Trinajstić information content (AvgIpc) is 3.03. The summed E-state index contributed by atoms with van der Waals surface area (Å²) in [5.41, 5.74) is 6.06. The third-order valence-electron chi connectivity index (χ3n) is 5.75. The molecule has 150 valence electrons. The van der Waals surface area contributed by atoms with E-state index in [1.54, 1.807) is 11.8 Å². The molecule has 2 aromatic rings. The number of hydrogen-bond donors (Lipinski definition) is 2. The minimum atomic E-state index is -0.383. The molecule has 2 heterocycles. The number of amides is 3. The monoisotopic (exact) mass is 410 g/mol. The van der Waals surface area contributed by atoms with E-state index in [4.69, 9.17) is 5.73 Å². The fourth-order valence-electron chi connectivity index (χ4n) is 4.17. The summed E-state index contributed by atoms with van der Waals surface area (Å²) in [5.74, 6) is -0.703. The molecule has 0 saturated carbocycles. The highest BCUT2D eigenvalue weighted by Crippen LogP contribution is 2.37. The van der Waals surface area contributed by atoms with E-state index < -0.39 is 0 Å². The second kappa shape index (κ2) is 8.39. The zero-order valence-corrected chi connectivity index (χ0v) is 16.9. The van der Waals surface area contributed by atoms with Crippen molar-refractivity contribution in [3.05, 3.63) is 54.6 Å². The van der Waals surface area contributed by atoms with Crippen molar-refractivity contribution in [3.8, 4) is 0 Å². The van der Waals surface area contributed by atoms with Gasteiger partial charge in [0.15, 0.2) is 6.04 Å². The van der Waals surface area contributed by atoms with Crippen molar-refractivity contribution < 1.29 is 19.3 Å². The molecule has 1 atom stereocenters. The molecular weight excluding hydrogens is 386 g/mol. The second-order valence-electron chi connectivity index (χ2n) is 7.54. The van der Waals surface area contributed by atoms with Crippen LogP contribution in [0.4, 0.5) is 5.69 Å². The molecule has 4 rings (SSSR count). The summed E-state index contributed by atoms with van der Waals surface area (Å²) in [6.45, 7) is 1.37. The zero-order valence-electron chi connectivity index (χ0n) is 16.0. The Labute approximate surface area is 174 Å². The summed E-state index contributed by atoms with van der Waals surface area (Å²) in [7, 11) is 0. The molecule has 0 bridgehead atoms. The third-order valence-corrected chi connectivity index (χ3v) is 6.82. The lowest BCUT2D eigenvalue weighted by molar-refractivity contribution is -0.920. The molecule has 2 saturated heterocycles. The van der Waals surface area contributed by atoms with Crippen LogP contribution < -0.4 is 15.5 Å². The number of carbonyl (C=O) groups is 3. The fraction of sp³-hybridized carbons (Fsp3) is 0.318. The van der Waals surface area contributed by atoms with Crippen LogP contribution in [0.5, 0.6) is 0 Å². The van der Waals surface area contributed by atoms with Crippen molar-refractivity contribution in [1.29, 1.82) is 0 Å². The first kappa shape index (κ1) is 19.7. The Hall–Kier alpha value is -2.64. The molecule has 0 spiro atoms. The molecule has 3 N–H and O–H groups in total. The number of hydrogen-bond acceptors (Lipinski definition) is 4. The van der Waals surface area contributed by atoms with E-state index in [0.717, 1.165) is 14.7 Å². The van der Waals surface area contributed by atoms with E-state index in [1.807, 2.05) is 54.6 Å². The van der Waals surface area contributed by atoms with E-state index >= 15 is 0 Å². The Morgan fingerprint density at radius 3 is 2.34 bits per heavy atom. The number of nitrogens with zero attached hydrogens (tertiary/aromatic N) is 1. The van der Waals surface area contributed by atoms with Crippen LogP contribution in [0.25, 0.3) is 0 Å². The number of nitrogens with one attached hydrogen (secondary N) is 1. The number of benzene rings is 2. The van der Waals surface area contributed by atoms with Crippen LogP contribution >= 0.6 is 11.8 Å². The van der Waals surface area contributed by atoms with Gasteiger partial charge in [-0.25, -0.2) is 4.90 Å². The van der Waals surface area contributed by atoms with Gasteiger partial charge >= 0.3 is 0 Å². The van der Waals surface area contributed by atoms with Crippen molar-refractivity contribution in [1.82, 2.24) is 0 Å². The Balaban J connectivity index is 1.53. The lowest BCUT2D eigenvalue weighted by atomic mass is 9.95. The molecule has 2 aliphatic rings. The van der Waals surface area contributed by atoms with Crippen LogP contribution in [0.1, 0.15) is 19.3 Å². The minimum Gasteiger partial charge on any atom is -0.369 e. The van der Waals surface area contributed by atoms with Crippen LogP contribution in [0.15, 0.2) is 64.4 Å². The summed E-state index contributed by atoms with van der Waals surface area (Å²) < 4.78 is 0. The number of piperidine rings is 1. The molecule has 0 unspecified atom stereocenters. The van der Waals surface area contributed by atoms with Crippen LogP contribution in [0, 0.1) is 5.92 Å². The van der Waals surface area contributed by atoms with E-state index in [9.17, 15) is 14.4 Å². The molecule has 7 heteroatoms. The summed E-state index contributed by atoms with van der Waals surface area (Å²) in [5, 5.41) is 0. The maximum Gasteiger partial charge on any atom is 0.292 e. The normalized spacial score (nSPS) is 24.7. The number of quaternary nitrogens is 1. The number of rotatable bonds is 5. The van der Waals surface area contributed by atoms with Gasteiger partial charge in [-0.3, -0.25) is 14.4 Å². The first-order chi connectivity index (χ1) is 14.0. The van der Waals surface area contributed by atoms with Gasteiger partial charge in [0.2, 0.25) is 11.8 Å². The number of likely N-dealkylation sites (tertiary alicyclic amines) is 1. The Morgan fingerprint density at radius 1 is 1.00 bits per heavy atom. The predicted octanol–water partition coefficient (Wildman–Crippen LogP) is 1.25. The second-order valence-corrected chi connectivity index (χ2v) is 8.66. The SMILES string of the molecule is NC(=O)C1CC[NH+]([C@@H]2CC(=O)N(c3ccccc3Sc3ccccc3)C2=O)CC1. The highest BCUT2D eigenvalue weighted by atomic mass is 32.2. The largest absolute Gasteiger partial charge is 0.369 e. The molecule has 2 aromatic carbocycles. The van der Waals surface area contributed by atoms with Gasteiger partial charge in [0.25, 0.3) is 5.91 Å². The first-order valence-corrected chi connectivity index (χ1v) is 10.7. The molecule has 6 nitrogen and oxygen atoms in total. The number of imide groups is 1. The first-order valence-electron chi connectivity index (χ1n) is 9.87. The Bertz CT molecular complexity index is 926. The van der Waals surface area contributed by atoms with E-state index in [2.05, 4.69) is 0 Å². The molecule has 2 aliphatic heterocycles. The molecule has 2 fully saturated rings. The van der Waals surface area contributed by atoms with Crippen LogP contribution in [-0.4, -0.2) is 36.9 Å². The lowest BCUT2D eigenvalue weighted by Gasteiger charge is -2.30. The summed E-state index contributed by atoms with van der Waals surface area (Å²) >= 11 is 1.54. The van der Waals surface area contributed by atoms with Crippen molar-refractivity contribution in [2.24, 2.45) is 11.7 Å². The topological polar surface area (TPSA) is 84.9 Å². The van der Waals surface area contributed by atoms with Crippen molar-refractivity contribution in [2.45, 2.75) is 35.1 Å². The maximum absolute atomic E-state index is 13.2. The predicted molar refractivity (Wildman–Crippen MR) is 111 cm³/mol. The van der Waals surface area contributed by atoms with E-state index in [1.165, 1.54) is 4.90 Å². The molecular formula is C22H24N3O3S+. The summed E-state index contributed by atoms with van der Waals surface area (Å²) in [6, 6.07) is 17.0. The van der Waals surface area contributed by atoms with Gasteiger partial charge < -0.3 is 10.6 Å². The van der Waals surface area contributed by atoms with Crippen molar-refractivity contribution in [2.75, 3.05) is 18.0 Å². The quantitative estimate of drug-likeness (QED) is 0.727. The minimum absolute atomic E-state index is 0.120. The van der Waals surface area contributed by atoms with Crippen molar-refractivity contribution >= 4 is 35.2 Å². The smallest absolute Gasteiger partial charge is 0.292 e. The van der Waals surface area contributed by atoms with Crippen LogP contribution in [-0.2, 0) is 14.4 Å². The van der Waals surface area contributed by atoms with Gasteiger partial charge in [-0.1, -0.05) is 42.1 Å². The number of anilines is 1. The van der Waals surface area contributed by atoms with Gasteiger partial charge in [0, 0.05) is 28.6 Å². The van der Waals surface area contributed by atoms with Crippen molar-refractivity contribution in [3.63, 3.8) is 0 Å². The zero-order chi connectivity index (χ0) is 20.4. The Kier molecular flexibility index (Phi) is 5.69. The number of nitrogens with two attached hydrogens (primary N) is 1. The molecule has 0 aromatic heterocycles. The van der Waals surface area contributed by atoms with Gasteiger partial charge in [-0.2, -0.15) is 0 Å². The maximum atomic E-state index is 13.2. The number of para-hydroxylation sites is 1. The molecule has 29 heavy (non-hydrogen) atoms. The molecule has 0 aliphatic carbocycles. The Morgan fingerprint density at radius 2 is 1.66 bits per heavy atom. The van der Waals surface area contributed by atoms with Gasteiger partial charge in [0.05, 0.1) is 25.2 Å². The third kappa shape index (κ3) is 4.06. The number of primary amides is 1. The standard InChI is InChI=1S/C22H23N3O3S/c23-21(27)15-10-12-24(13-11-15)18-14-20(26)25(22(18)28)17-8-4-5-9-19(17)29-16-6-2-1-3-7-16/h1-9,15,18H,10-14H2,(H2,23,27)/p+1/t18-/m1/s1. The van der Waals surface area contributed by atoms with E-state index in [0.29, 0.717) is 31.6 Å². The molecule has 3 amide bonds. The highest BCUT2D eigenvalue weighted by molar-refractivity contribution is 7.99. The molecule has 0 radical (unpaired) electrons. The number of carbonyl (C=O) groups excluding carboxylic acids is 3.